The van der Waals surface area contributed by atoms with Crippen molar-refractivity contribution in [3.05, 3.63) is 57.6 Å². The summed E-state index contributed by atoms with van der Waals surface area (Å²) in [4.78, 5) is 2.76. The number of benzene rings is 2. The van der Waals surface area contributed by atoms with Crippen molar-refractivity contribution < 1.29 is 0 Å². The van der Waals surface area contributed by atoms with E-state index in [0.29, 0.717) is 5.69 Å². The quantitative estimate of drug-likeness (QED) is 0.253. The lowest BCUT2D eigenvalue weighted by molar-refractivity contribution is 1.43. The fraction of sp³-hybridized carbons (Fsp3) is 0. The zero-order valence-corrected chi connectivity index (χ0v) is 8.25. The van der Waals surface area contributed by atoms with Gasteiger partial charge in [-0.1, -0.05) is 18.2 Å². The number of hydrogen-bond acceptors (Lipinski definition) is 1. The molecule has 74 valence electrons. The second-order valence-corrected chi connectivity index (χ2v) is 3.65. The first-order valence-electron chi connectivity index (χ1n) is 4.82. The summed E-state index contributed by atoms with van der Waals surface area (Å²) in [5, 5.41) is 13.2. The predicted molar refractivity (Wildman–Crippen MR) is 61.8 cm³/mol. The van der Waals surface area contributed by atoms with Crippen LogP contribution in [0.2, 0.25) is 0 Å². The molecule has 0 unspecified atom stereocenters. The Balaban J connectivity index is 2.32. The molecule has 3 aliphatic carbocycles. The summed E-state index contributed by atoms with van der Waals surface area (Å²) in [6, 6.07) is 10.8. The summed E-state index contributed by atoms with van der Waals surface area (Å²) in [7, 11) is 0. The third kappa shape index (κ3) is 1.08. The van der Waals surface area contributed by atoms with E-state index < -0.39 is 0 Å². The van der Waals surface area contributed by atoms with E-state index in [1.54, 1.807) is 18.2 Å². The van der Waals surface area contributed by atoms with Gasteiger partial charge in [0, 0.05) is 22.1 Å². The van der Waals surface area contributed by atoms with Crippen molar-refractivity contribution in [3.8, 4) is 22.3 Å². The highest BCUT2D eigenvalue weighted by Gasteiger charge is 2.28. The standard InChI is InChI=1S/C12H6N4/c13-7-1-3-9-11(5-7)10-4-2-8(15-16-14)6-12(9)10/h1-6H. The third-order valence-electron chi connectivity index (χ3n) is 2.75. The highest BCUT2D eigenvalue weighted by Crippen LogP contribution is 2.47. The van der Waals surface area contributed by atoms with E-state index in [9.17, 15) is 5.41 Å². The Morgan fingerprint density at radius 2 is 1.88 bits per heavy atom. The van der Waals surface area contributed by atoms with E-state index in [1.807, 2.05) is 18.2 Å². The summed E-state index contributed by atoms with van der Waals surface area (Å²) in [5.74, 6) is 0. The highest BCUT2D eigenvalue weighted by molar-refractivity contribution is 6.03. The molecule has 0 fully saturated rings. The van der Waals surface area contributed by atoms with E-state index in [-0.39, 0.29) is 5.36 Å². The van der Waals surface area contributed by atoms with Gasteiger partial charge in [-0.3, -0.25) is 0 Å². The average Bonchev–Trinajstić information content (AvgIpc) is 2.27. The van der Waals surface area contributed by atoms with Crippen molar-refractivity contribution >= 4 is 5.69 Å². The van der Waals surface area contributed by atoms with Crippen LogP contribution in [0.4, 0.5) is 5.69 Å². The Labute approximate surface area is 91.3 Å². The minimum Gasteiger partial charge on any atom is -0.804 e. The van der Waals surface area contributed by atoms with Gasteiger partial charge in [0.15, 0.2) is 0 Å². The Hall–Kier alpha value is -2.45. The van der Waals surface area contributed by atoms with Gasteiger partial charge in [-0.15, -0.1) is 0 Å². The molecule has 0 radical (unpaired) electrons. The van der Waals surface area contributed by atoms with Gasteiger partial charge in [0.05, 0.1) is 17.7 Å². The SMILES string of the molecule is [N-]=[N+]=Nc1cc2c3ccc(=[N-])cc-3c-2c[cH+]1. The summed E-state index contributed by atoms with van der Waals surface area (Å²) in [5.41, 5.74) is 13.3. The van der Waals surface area contributed by atoms with E-state index in [2.05, 4.69) is 10.0 Å². The van der Waals surface area contributed by atoms with E-state index >= 15 is 0 Å². The third-order valence-corrected chi connectivity index (χ3v) is 2.75. The van der Waals surface area contributed by atoms with Crippen LogP contribution in [0.25, 0.3) is 38.1 Å². The second kappa shape index (κ2) is 3.02. The van der Waals surface area contributed by atoms with E-state index in [1.165, 1.54) is 0 Å². The summed E-state index contributed by atoms with van der Waals surface area (Å²) in [6.07, 6.45) is 0. The maximum absolute atomic E-state index is 9.37. The minimum atomic E-state index is 0.267. The molecule has 4 heteroatoms. The van der Waals surface area contributed by atoms with Crippen LogP contribution in [-0.2, 0) is 0 Å². The van der Waals surface area contributed by atoms with Crippen LogP contribution in [-0.4, -0.2) is 0 Å². The fourth-order valence-electron chi connectivity index (χ4n) is 2.03. The first kappa shape index (κ1) is 8.83. The molecule has 0 N–H and O–H groups in total. The first-order chi connectivity index (χ1) is 7.79. The number of nitrogens with zero attached hydrogens (tertiary/aromatic N) is 4. The largest absolute Gasteiger partial charge is 0.804 e. The Bertz CT molecular complexity index is 680. The van der Waals surface area contributed by atoms with Gasteiger partial charge in [0.25, 0.3) is 0 Å². The molecular formula is C12H6N4. The lowest BCUT2D eigenvalue weighted by atomic mass is 9.80. The number of hydrogen-bond donors (Lipinski definition) is 0. The van der Waals surface area contributed by atoms with Crippen LogP contribution in [0, 0.1) is 0 Å². The smallest absolute Gasteiger partial charge is 0.148 e. The van der Waals surface area contributed by atoms with Crippen LogP contribution in [0.1, 0.15) is 0 Å². The van der Waals surface area contributed by atoms with Gasteiger partial charge in [-0.25, -0.2) is 0 Å². The van der Waals surface area contributed by atoms with Crippen molar-refractivity contribution in [1.82, 2.24) is 0 Å². The van der Waals surface area contributed by atoms with Gasteiger partial charge in [0.2, 0.25) is 0 Å². The molecule has 0 amide bonds. The molecule has 0 saturated heterocycles. The molecule has 4 nitrogen and oxygen atoms in total. The molecule has 3 aliphatic rings. The maximum Gasteiger partial charge on any atom is 0.148 e. The van der Waals surface area contributed by atoms with Gasteiger partial charge in [0.1, 0.15) is 11.3 Å². The molecule has 0 bridgehead atoms. The van der Waals surface area contributed by atoms with Gasteiger partial charge in [-0.05, 0) is 10.6 Å². The van der Waals surface area contributed by atoms with Crippen LogP contribution < -0.4 is 5.36 Å². The minimum absolute atomic E-state index is 0.267. The first-order valence-corrected chi connectivity index (χ1v) is 4.82. The Morgan fingerprint density at radius 1 is 1.06 bits per heavy atom. The topological polar surface area (TPSA) is 71.1 Å². The van der Waals surface area contributed by atoms with Gasteiger partial charge in [-0.2, -0.15) is 5.36 Å². The molecule has 0 aromatic rings. The molecule has 3 rings (SSSR count). The average molecular weight is 206 g/mol. The van der Waals surface area contributed by atoms with Crippen molar-refractivity contribution in [2.75, 3.05) is 0 Å². The van der Waals surface area contributed by atoms with Crippen molar-refractivity contribution in [1.29, 1.82) is 0 Å². The van der Waals surface area contributed by atoms with Crippen LogP contribution in [0.5, 0.6) is 0 Å². The maximum atomic E-state index is 9.37. The molecular weight excluding hydrogens is 200 g/mol. The van der Waals surface area contributed by atoms with E-state index in [4.69, 9.17) is 5.53 Å². The van der Waals surface area contributed by atoms with Crippen LogP contribution in [0.3, 0.4) is 0 Å². The molecule has 0 aromatic carbocycles. The molecule has 0 atom stereocenters. The molecule has 0 aromatic heterocycles. The highest BCUT2D eigenvalue weighted by atomic mass is 15.1. The molecule has 16 heavy (non-hydrogen) atoms. The zero-order chi connectivity index (χ0) is 11.1. The molecule has 0 aliphatic heterocycles. The monoisotopic (exact) mass is 206 g/mol. The van der Waals surface area contributed by atoms with Crippen LogP contribution >= 0.6 is 0 Å². The Kier molecular flexibility index (Phi) is 1.67. The lowest BCUT2D eigenvalue weighted by Crippen LogP contribution is -2.04. The second-order valence-electron chi connectivity index (χ2n) is 3.65. The summed E-state index contributed by atoms with van der Waals surface area (Å²) < 4.78 is 0. The van der Waals surface area contributed by atoms with Crippen molar-refractivity contribution in [2.45, 2.75) is 0 Å². The normalized spacial score (nSPS) is 10.8. The predicted octanol–water partition coefficient (Wildman–Crippen LogP) is 3.46. The molecule has 0 spiro atoms. The zero-order valence-electron chi connectivity index (χ0n) is 8.25. The molecule has 0 saturated carbocycles. The van der Waals surface area contributed by atoms with Crippen molar-refractivity contribution in [3.63, 3.8) is 0 Å². The number of azide groups is 1. The Morgan fingerprint density at radius 3 is 2.69 bits per heavy atom. The van der Waals surface area contributed by atoms with Crippen molar-refractivity contribution in [2.24, 2.45) is 5.11 Å². The van der Waals surface area contributed by atoms with E-state index in [0.717, 1.165) is 22.3 Å². The fourth-order valence-corrected chi connectivity index (χ4v) is 2.03. The van der Waals surface area contributed by atoms with Gasteiger partial charge < -0.3 is 5.41 Å². The lowest BCUT2D eigenvalue weighted by Gasteiger charge is -2.17. The number of fused-ring (bicyclic) bond motifs is 4. The summed E-state index contributed by atoms with van der Waals surface area (Å²) >= 11 is 0. The van der Waals surface area contributed by atoms with Crippen LogP contribution in [0.15, 0.2) is 41.5 Å². The summed E-state index contributed by atoms with van der Waals surface area (Å²) in [6.45, 7) is 0. The van der Waals surface area contributed by atoms with Gasteiger partial charge >= 0.3 is 0 Å². The number of rotatable bonds is 1. The molecule has 0 heterocycles.